The molecule has 0 aliphatic carbocycles. The lowest BCUT2D eigenvalue weighted by molar-refractivity contribution is -0.139. The number of hydrogen-bond donors (Lipinski definition) is 0. The molecule has 0 fully saturated rings. The highest BCUT2D eigenvalue weighted by Gasteiger charge is 2.33. The number of nitrogens with zero attached hydrogens (tertiary/aromatic N) is 2. The lowest BCUT2D eigenvalue weighted by atomic mass is 9.96. The third-order valence-electron chi connectivity index (χ3n) is 5.70. The van der Waals surface area contributed by atoms with Crippen LogP contribution < -0.4 is 24.4 Å². The highest BCUT2D eigenvalue weighted by molar-refractivity contribution is 9.11. The summed E-state index contributed by atoms with van der Waals surface area (Å²) in [6, 6.07) is 10.5. The molecule has 1 aliphatic heterocycles. The molecule has 38 heavy (non-hydrogen) atoms. The minimum Gasteiger partial charge on any atom is -0.492 e. The van der Waals surface area contributed by atoms with Gasteiger partial charge in [0.05, 0.1) is 45.6 Å². The van der Waals surface area contributed by atoms with Gasteiger partial charge in [-0.05, 0) is 86.5 Å². The molecule has 0 N–H and O–H groups in total. The quantitative estimate of drug-likeness (QED) is 0.297. The highest BCUT2D eigenvalue weighted by atomic mass is 79.9. The molecule has 0 saturated heterocycles. The number of esters is 1. The molecule has 0 unspecified atom stereocenters. The van der Waals surface area contributed by atoms with Gasteiger partial charge < -0.3 is 14.2 Å². The SMILES string of the molecule is CCOC(=O)C1=C(C)N=c2s/c(=C\c3cc(Br)cc(Br)c3OCC)c(=O)n2[C@@H]1c1ccc(OC(C)C)cc1. The second kappa shape index (κ2) is 12.0. The lowest BCUT2D eigenvalue weighted by Gasteiger charge is -2.25. The van der Waals surface area contributed by atoms with E-state index in [1.807, 2.05) is 57.2 Å². The number of halogens is 2. The van der Waals surface area contributed by atoms with Gasteiger partial charge in [0.2, 0.25) is 0 Å². The van der Waals surface area contributed by atoms with Crippen LogP contribution in [0.2, 0.25) is 0 Å². The largest absolute Gasteiger partial charge is 0.492 e. The van der Waals surface area contributed by atoms with Crippen LogP contribution in [0.4, 0.5) is 0 Å². The molecule has 0 bridgehead atoms. The van der Waals surface area contributed by atoms with Crippen LogP contribution >= 0.6 is 43.2 Å². The van der Waals surface area contributed by atoms with E-state index in [1.54, 1.807) is 24.5 Å². The Kier molecular flexibility index (Phi) is 8.95. The van der Waals surface area contributed by atoms with Crippen molar-refractivity contribution in [1.82, 2.24) is 4.57 Å². The molecular weight excluding hydrogens is 636 g/mol. The van der Waals surface area contributed by atoms with Crippen molar-refractivity contribution < 1.29 is 19.0 Å². The zero-order chi connectivity index (χ0) is 27.6. The molecular formula is C28H28Br2N2O5S. The molecule has 2 heterocycles. The smallest absolute Gasteiger partial charge is 0.338 e. The molecule has 3 aromatic rings. The fourth-order valence-electron chi connectivity index (χ4n) is 4.23. The van der Waals surface area contributed by atoms with Gasteiger partial charge in [-0.2, -0.15) is 0 Å². The Bertz CT molecular complexity index is 1570. The molecule has 0 amide bonds. The summed E-state index contributed by atoms with van der Waals surface area (Å²) in [5.41, 5.74) is 2.10. The van der Waals surface area contributed by atoms with Gasteiger partial charge in [0, 0.05) is 10.0 Å². The van der Waals surface area contributed by atoms with Crippen molar-refractivity contribution in [2.24, 2.45) is 4.99 Å². The van der Waals surface area contributed by atoms with Crippen molar-refractivity contribution in [3.8, 4) is 11.5 Å². The summed E-state index contributed by atoms with van der Waals surface area (Å²) >= 11 is 8.34. The fourth-order valence-corrected chi connectivity index (χ4v) is 6.64. The Balaban J connectivity index is 1.93. The van der Waals surface area contributed by atoms with E-state index in [-0.39, 0.29) is 18.3 Å². The average molecular weight is 664 g/mol. The third kappa shape index (κ3) is 5.82. The summed E-state index contributed by atoms with van der Waals surface area (Å²) < 4.78 is 20.7. The number of carbonyl (C=O) groups is 1. The zero-order valence-electron chi connectivity index (χ0n) is 21.7. The fraction of sp³-hybridized carbons (Fsp3) is 0.321. The van der Waals surface area contributed by atoms with Crippen LogP contribution in [-0.4, -0.2) is 29.9 Å². The van der Waals surface area contributed by atoms with Crippen molar-refractivity contribution in [2.75, 3.05) is 13.2 Å². The first-order valence-corrected chi connectivity index (χ1v) is 14.6. The number of aromatic nitrogens is 1. The number of hydrogen-bond acceptors (Lipinski definition) is 7. The summed E-state index contributed by atoms with van der Waals surface area (Å²) in [6.07, 6.45) is 1.82. The number of thiazole rings is 1. The molecule has 200 valence electrons. The molecule has 2 aromatic carbocycles. The topological polar surface area (TPSA) is 79.1 Å². The van der Waals surface area contributed by atoms with E-state index < -0.39 is 12.0 Å². The third-order valence-corrected chi connectivity index (χ3v) is 7.73. The number of ether oxygens (including phenoxy) is 3. The standard InChI is InChI=1S/C28H28Br2N2O5S/c1-6-35-25-18(12-19(29)14-21(25)30)13-22-26(33)32-24(17-8-10-20(11-9-17)37-15(3)4)23(27(34)36-7-2)16(5)31-28(32)38-22/h8-15,24H,6-7H2,1-5H3/b22-13-/t24-/m1/s1. The van der Waals surface area contributed by atoms with E-state index in [4.69, 9.17) is 14.2 Å². The van der Waals surface area contributed by atoms with Gasteiger partial charge in [-0.15, -0.1) is 0 Å². The number of carbonyl (C=O) groups excluding carboxylic acids is 1. The van der Waals surface area contributed by atoms with Gasteiger partial charge in [-0.25, -0.2) is 9.79 Å². The maximum absolute atomic E-state index is 13.9. The van der Waals surface area contributed by atoms with Crippen molar-refractivity contribution in [3.63, 3.8) is 0 Å². The summed E-state index contributed by atoms with van der Waals surface area (Å²) in [6.45, 7) is 10.0. The van der Waals surface area contributed by atoms with Gasteiger partial charge in [0.1, 0.15) is 11.5 Å². The molecule has 4 rings (SSSR count). The van der Waals surface area contributed by atoms with Gasteiger partial charge >= 0.3 is 5.97 Å². The van der Waals surface area contributed by atoms with Crippen LogP contribution in [0.3, 0.4) is 0 Å². The molecule has 1 atom stereocenters. The van der Waals surface area contributed by atoms with Crippen molar-refractivity contribution in [3.05, 3.63) is 87.4 Å². The Hall–Kier alpha value is -2.69. The Morgan fingerprint density at radius 2 is 1.87 bits per heavy atom. The van der Waals surface area contributed by atoms with Crippen molar-refractivity contribution in [1.29, 1.82) is 0 Å². The Morgan fingerprint density at radius 1 is 1.16 bits per heavy atom. The van der Waals surface area contributed by atoms with E-state index in [0.717, 1.165) is 20.1 Å². The van der Waals surface area contributed by atoms with Crippen LogP contribution in [-0.2, 0) is 9.53 Å². The predicted octanol–water partition coefficient (Wildman–Crippen LogP) is 5.51. The van der Waals surface area contributed by atoms with Crippen molar-refractivity contribution >= 4 is 55.2 Å². The number of fused-ring (bicyclic) bond motifs is 1. The number of allylic oxidation sites excluding steroid dienone is 1. The maximum atomic E-state index is 13.9. The number of rotatable bonds is 8. The minimum atomic E-state index is -0.693. The van der Waals surface area contributed by atoms with Crippen LogP contribution in [0.5, 0.6) is 11.5 Å². The minimum absolute atomic E-state index is 0.0235. The lowest BCUT2D eigenvalue weighted by Crippen LogP contribution is -2.39. The zero-order valence-corrected chi connectivity index (χ0v) is 25.7. The molecule has 7 nitrogen and oxygen atoms in total. The molecule has 0 spiro atoms. The summed E-state index contributed by atoms with van der Waals surface area (Å²) in [5, 5.41) is 0. The second-order valence-corrected chi connectivity index (χ2v) is 11.6. The Morgan fingerprint density at radius 3 is 2.50 bits per heavy atom. The predicted molar refractivity (Wildman–Crippen MR) is 156 cm³/mol. The average Bonchev–Trinajstić information content (AvgIpc) is 3.15. The Labute approximate surface area is 241 Å². The first-order valence-electron chi connectivity index (χ1n) is 12.2. The highest BCUT2D eigenvalue weighted by Crippen LogP contribution is 2.34. The van der Waals surface area contributed by atoms with Crippen LogP contribution in [0, 0.1) is 0 Å². The van der Waals surface area contributed by atoms with Gasteiger partial charge in [0.25, 0.3) is 5.56 Å². The van der Waals surface area contributed by atoms with E-state index in [1.165, 1.54) is 11.3 Å². The van der Waals surface area contributed by atoms with E-state index in [2.05, 4.69) is 36.9 Å². The summed E-state index contributed by atoms with van der Waals surface area (Å²) in [5.74, 6) is 0.852. The monoisotopic (exact) mass is 662 g/mol. The normalized spacial score (nSPS) is 15.4. The molecule has 1 aliphatic rings. The van der Waals surface area contributed by atoms with E-state index >= 15 is 0 Å². The van der Waals surface area contributed by atoms with Crippen molar-refractivity contribution in [2.45, 2.75) is 46.8 Å². The number of benzene rings is 2. The summed E-state index contributed by atoms with van der Waals surface area (Å²) in [4.78, 5) is 32.2. The molecule has 0 radical (unpaired) electrons. The summed E-state index contributed by atoms with van der Waals surface area (Å²) in [7, 11) is 0. The van der Waals surface area contributed by atoms with Gasteiger partial charge in [-0.3, -0.25) is 9.36 Å². The first-order chi connectivity index (χ1) is 18.1. The van der Waals surface area contributed by atoms with Crippen LogP contribution in [0.15, 0.2) is 66.4 Å². The van der Waals surface area contributed by atoms with Crippen LogP contribution in [0.1, 0.15) is 51.8 Å². The van der Waals surface area contributed by atoms with E-state index in [0.29, 0.717) is 38.7 Å². The van der Waals surface area contributed by atoms with Gasteiger partial charge in [-0.1, -0.05) is 39.4 Å². The first kappa shape index (κ1) is 28.3. The second-order valence-electron chi connectivity index (χ2n) is 8.78. The van der Waals surface area contributed by atoms with Gasteiger partial charge in [0.15, 0.2) is 4.80 Å². The maximum Gasteiger partial charge on any atom is 0.338 e. The molecule has 0 saturated carbocycles. The molecule has 1 aromatic heterocycles. The van der Waals surface area contributed by atoms with E-state index in [9.17, 15) is 9.59 Å². The molecule has 10 heteroatoms. The van der Waals surface area contributed by atoms with Crippen LogP contribution in [0.25, 0.3) is 6.08 Å².